The molecule has 3 heterocycles. The molecule has 19 heavy (non-hydrogen) atoms. The topological polar surface area (TPSA) is 45.5 Å². The van der Waals surface area contributed by atoms with E-state index >= 15 is 0 Å². The molecule has 0 unspecified atom stereocenters. The van der Waals surface area contributed by atoms with Crippen LogP contribution >= 0.6 is 15.9 Å². The first-order chi connectivity index (χ1) is 9.31. The van der Waals surface area contributed by atoms with Crippen LogP contribution in [0.25, 0.3) is 5.65 Å². The number of hydrogen-bond donors (Lipinski definition) is 1. The van der Waals surface area contributed by atoms with Gasteiger partial charge in [-0.2, -0.15) is 5.10 Å². The fraction of sp³-hybridized carbons (Fsp3) is 0.538. The van der Waals surface area contributed by atoms with E-state index in [0.717, 1.165) is 61.5 Å². The molecule has 0 spiro atoms. The number of nitrogens with zero attached hydrogens (tertiary/aromatic N) is 4. The number of halogens is 1. The van der Waals surface area contributed by atoms with Crippen LogP contribution in [-0.2, 0) is 6.42 Å². The molecule has 5 nitrogen and oxygen atoms in total. The SMILES string of the molecule is Brc1ccn2nc(CCCN3CCNCC3)nc2c1. The Morgan fingerprint density at radius 1 is 1.32 bits per heavy atom. The normalized spacial score (nSPS) is 17.1. The Kier molecular flexibility index (Phi) is 4.10. The zero-order chi connectivity index (χ0) is 13.1. The molecule has 6 heteroatoms. The number of hydrogen-bond acceptors (Lipinski definition) is 4. The molecular formula is C13H18BrN5. The standard InChI is InChI=1S/C13H18BrN5/c14-11-3-7-19-13(10-11)16-12(17-19)2-1-6-18-8-4-15-5-9-18/h3,7,10,15H,1-2,4-6,8-9H2. The van der Waals surface area contributed by atoms with Crippen molar-refractivity contribution in [2.75, 3.05) is 32.7 Å². The van der Waals surface area contributed by atoms with Crippen LogP contribution in [0, 0.1) is 0 Å². The van der Waals surface area contributed by atoms with Gasteiger partial charge < -0.3 is 10.2 Å². The van der Waals surface area contributed by atoms with Gasteiger partial charge >= 0.3 is 0 Å². The third kappa shape index (κ3) is 3.32. The maximum atomic E-state index is 4.55. The highest BCUT2D eigenvalue weighted by Crippen LogP contribution is 2.12. The Morgan fingerprint density at radius 2 is 2.16 bits per heavy atom. The van der Waals surface area contributed by atoms with Crippen LogP contribution in [0.2, 0.25) is 0 Å². The molecule has 1 fully saturated rings. The third-order valence-electron chi connectivity index (χ3n) is 3.43. The highest BCUT2D eigenvalue weighted by molar-refractivity contribution is 9.10. The molecule has 1 aliphatic heterocycles. The largest absolute Gasteiger partial charge is 0.314 e. The number of rotatable bonds is 4. The van der Waals surface area contributed by atoms with Crippen LogP contribution in [0.3, 0.4) is 0 Å². The minimum atomic E-state index is 0.909. The highest BCUT2D eigenvalue weighted by Gasteiger charge is 2.10. The minimum Gasteiger partial charge on any atom is -0.314 e. The van der Waals surface area contributed by atoms with Crippen LogP contribution in [0.5, 0.6) is 0 Å². The first kappa shape index (κ1) is 13.0. The van der Waals surface area contributed by atoms with E-state index in [1.807, 2.05) is 22.8 Å². The summed E-state index contributed by atoms with van der Waals surface area (Å²) in [5, 5.41) is 7.86. The van der Waals surface area contributed by atoms with E-state index in [1.165, 1.54) is 0 Å². The lowest BCUT2D eigenvalue weighted by molar-refractivity contribution is 0.238. The summed E-state index contributed by atoms with van der Waals surface area (Å²) in [5.74, 6) is 0.938. The van der Waals surface area contributed by atoms with Crippen molar-refractivity contribution in [3.63, 3.8) is 0 Å². The van der Waals surface area contributed by atoms with E-state index in [9.17, 15) is 0 Å². The quantitative estimate of drug-likeness (QED) is 0.922. The van der Waals surface area contributed by atoms with Crippen LogP contribution < -0.4 is 5.32 Å². The van der Waals surface area contributed by atoms with E-state index in [-0.39, 0.29) is 0 Å². The van der Waals surface area contributed by atoms with E-state index in [1.54, 1.807) is 0 Å². The molecule has 1 saturated heterocycles. The van der Waals surface area contributed by atoms with Crippen molar-refractivity contribution in [3.8, 4) is 0 Å². The summed E-state index contributed by atoms with van der Waals surface area (Å²) in [6, 6.07) is 3.97. The van der Waals surface area contributed by atoms with E-state index in [4.69, 9.17) is 0 Å². The lowest BCUT2D eigenvalue weighted by Gasteiger charge is -2.26. The Labute approximate surface area is 121 Å². The molecule has 2 aromatic heterocycles. The second-order valence-corrected chi connectivity index (χ2v) is 5.79. The van der Waals surface area contributed by atoms with Gasteiger partial charge in [0.05, 0.1) is 0 Å². The van der Waals surface area contributed by atoms with Crippen LogP contribution in [0.1, 0.15) is 12.2 Å². The number of pyridine rings is 1. The zero-order valence-electron chi connectivity index (χ0n) is 10.8. The van der Waals surface area contributed by atoms with Gasteiger partial charge in [0.25, 0.3) is 0 Å². The first-order valence-corrected chi connectivity index (χ1v) is 7.54. The summed E-state index contributed by atoms with van der Waals surface area (Å²) in [4.78, 5) is 7.05. The number of fused-ring (bicyclic) bond motifs is 1. The second kappa shape index (κ2) is 5.98. The van der Waals surface area contributed by atoms with Gasteiger partial charge in [0.15, 0.2) is 11.5 Å². The minimum absolute atomic E-state index is 0.909. The van der Waals surface area contributed by atoms with Crippen molar-refractivity contribution in [2.24, 2.45) is 0 Å². The summed E-state index contributed by atoms with van der Waals surface area (Å²) in [6.07, 6.45) is 4.01. The Morgan fingerprint density at radius 3 is 3.00 bits per heavy atom. The molecule has 1 N–H and O–H groups in total. The fourth-order valence-corrected chi connectivity index (χ4v) is 2.73. The lowest BCUT2D eigenvalue weighted by atomic mass is 10.2. The molecule has 102 valence electrons. The van der Waals surface area contributed by atoms with Gasteiger partial charge in [-0.05, 0) is 25.1 Å². The first-order valence-electron chi connectivity index (χ1n) is 6.75. The number of aromatic nitrogens is 3. The molecule has 3 rings (SSSR count). The van der Waals surface area contributed by atoms with Crippen molar-refractivity contribution in [1.82, 2.24) is 24.8 Å². The molecular weight excluding hydrogens is 306 g/mol. The van der Waals surface area contributed by atoms with Gasteiger partial charge in [-0.3, -0.25) is 0 Å². The van der Waals surface area contributed by atoms with E-state index in [2.05, 4.69) is 36.2 Å². The van der Waals surface area contributed by atoms with Crippen molar-refractivity contribution < 1.29 is 0 Å². The predicted molar refractivity (Wildman–Crippen MR) is 78.3 cm³/mol. The fourth-order valence-electron chi connectivity index (χ4n) is 2.40. The zero-order valence-corrected chi connectivity index (χ0v) is 12.4. The van der Waals surface area contributed by atoms with Gasteiger partial charge in [-0.1, -0.05) is 15.9 Å². The van der Waals surface area contributed by atoms with Crippen LogP contribution in [0.4, 0.5) is 0 Å². The molecule has 1 aliphatic rings. The van der Waals surface area contributed by atoms with Gasteiger partial charge in [0.2, 0.25) is 0 Å². The number of nitrogens with one attached hydrogen (secondary N) is 1. The molecule has 0 aromatic carbocycles. The molecule has 2 aromatic rings. The average molecular weight is 324 g/mol. The molecule has 0 atom stereocenters. The van der Waals surface area contributed by atoms with Crippen molar-refractivity contribution in [3.05, 3.63) is 28.6 Å². The number of aryl methyl sites for hydroxylation is 1. The van der Waals surface area contributed by atoms with Crippen molar-refractivity contribution in [2.45, 2.75) is 12.8 Å². The Bertz CT molecular complexity index is 547. The van der Waals surface area contributed by atoms with Gasteiger partial charge in [-0.15, -0.1) is 0 Å². The highest BCUT2D eigenvalue weighted by atomic mass is 79.9. The summed E-state index contributed by atoms with van der Waals surface area (Å²) in [6.45, 7) is 5.68. The molecule has 0 saturated carbocycles. The van der Waals surface area contributed by atoms with Crippen LogP contribution in [0.15, 0.2) is 22.8 Å². The molecule has 0 aliphatic carbocycles. The maximum Gasteiger partial charge on any atom is 0.156 e. The average Bonchev–Trinajstić information content (AvgIpc) is 2.82. The van der Waals surface area contributed by atoms with Gasteiger partial charge in [0.1, 0.15) is 0 Å². The van der Waals surface area contributed by atoms with E-state index in [0.29, 0.717) is 0 Å². The van der Waals surface area contributed by atoms with Crippen LogP contribution in [-0.4, -0.2) is 52.2 Å². The predicted octanol–water partition coefficient (Wildman–Crippen LogP) is 1.33. The van der Waals surface area contributed by atoms with Crippen molar-refractivity contribution in [1.29, 1.82) is 0 Å². The number of piperazine rings is 1. The summed E-state index contributed by atoms with van der Waals surface area (Å²) in [5.41, 5.74) is 0.909. The monoisotopic (exact) mass is 323 g/mol. The van der Waals surface area contributed by atoms with Gasteiger partial charge in [-0.25, -0.2) is 9.50 Å². The summed E-state index contributed by atoms with van der Waals surface area (Å²) < 4.78 is 2.88. The van der Waals surface area contributed by atoms with E-state index < -0.39 is 0 Å². The molecule has 0 amide bonds. The Balaban J connectivity index is 1.56. The summed E-state index contributed by atoms with van der Waals surface area (Å²) >= 11 is 3.45. The van der Waals surface area contributed by atoms with Crippen molar-refractivity contribution >= 4 is 21.6 Å². The molecule has 0 radical (unpaired) electrons. The summed E-state index contributed by atoms with van der Waals surface area (Å²) in [7, 11) is 0. The second-order valence-electron chi connectivity index (χ2n) is 4.87. The smallest absolute Gasteiger partial charge is 0.156 e. The Hall–Kier alpha value is -0.980. The van der Waals surface area contributed by atoms with Gasteiger partial charge in [0, 0.05) is 43.3 Å². The molecule has 0 bridgehead atoms. The lowest BCUT2D eigenvalue weighted by Crippen LogP contribution is -2.43. The third-order valence-corrected chi connectivity index (χ3v) is 3.92. The maximum absolute atomic E-state index is 4.55.